The van der Waals surface area contributed by atoms with Crippen LogP contribution in [0.1, 0.15) is 33.6 Å². The second kappa shape index (κ2) is 7.25. The fourth-order valence-corrected chi connectivity index (χ4v) is 2.24. The first-order chi connectivity index (χ1) is 7.58. The number of ether oxygens (including phenoxy) is 1. The Morgan fingerprint density at radius 3 is 2.69 bits per heavy atom. The number of hydrogen-bond donors (Lipinski definition) is 1. The van der Waals surface area contributed by atoms with E-state index in [1.807, 2.05) is 0 Å². The zero-order valence-corrected chi connectivity index (χ0v) is 11.3. The van der Waals surface area contributed by atoms with Gasteiger partial charge >= 0.3 is 0 Å². The molecular weight excluding hydrogens is 200 g/mol. The van der Waals surface area contributed by atoms with Crippen molar-refractivity contribution in [3.05, 3.63) is 0 Å². The lowest BCUT2D eigenvalue weighted by molar-refractivity contribution is 0.0773. The van der Waals surface area contributed by atoms with Gasteiger partial charge in [-0.05, 0) is 32.4 Å². The lowest BCUT2D eigenvalue weighted by Crippen LogP contribution is -2.36. The highest BCUT2D eigenvalue weighted by Crippen LogP contribution is 2.13. The van der Waals surface area contributed by atoms with Gasteiger partial charge in [0.2, 0.25) is 0 Å². The Hall–Kier alpha value is -0.120. The van der Waals surface area contributed by atoms with E-state index >= 15 is 0 Å². The van der Waals surface area contributed by atoms with Gasteiger partial charge < -0.3 is 15.0 Å². The summed E-state index contributed by atoms with van der Waals surface area (Å²) in [5.74, 6) is 0.703. The molecule has 0 saturated carbocycles. The molecule has 0 aromatic rings. The maximum absolute atomic E-state index is 5.65. The first kappa shape index (κ1) is 13.9. The van der Waals surface area contributed by atoms with E-state index in [4.69, 9.17) is 4.74 Å². The Labute approximate surface area is 101 Å². The van der Waals surface area contributed by atoms with Crippen LogP contribution in [0.4, 0.5) is 0 Å². The van der Waals surface area contributed by atoms with Crippen molar-refractivity contribution in [2.24, 2.45) is 5.92 Å². The van der Waals surface area contributed by atoms with Crippen molar-refractivity contribution < 1.29 is 4.74 Å². The quantitative estimate of drug-likeness (QED) is 0.718. The van der Waals surface area contributed by atoms with Gasteiger partial charge in [-0.3, -0.25) is 0 Å². The summed E-state index contributed by atoms with van der Waals surface area (Å²) in [5.41, 5.74) is 0. The molecule has 1 fully saturated rings. The zero-order valence-electron chi connectivity index (χ0n) is 11.3. The van der Waals surface area contributed by atoms with Crippen molar-refractivity contribution in [1.82, 2.24) is 10.2 Å². The molecular formula is C13H28N2O. The summed E-state index contributed by atoms with van der Waals surface area (Å²) in [6.45, 7) is 11.0. The smallest absolute Gasteiger partial charge is 0.0702 e. The normalized spacial score (nSPS) is 23.2. The van der Waals surface area contributed by atoms with Crippen LogP contribution in [-0.2, 0) is 4.74 Å². The van der Waals surface area contributed by atoms with Gasteiger partial charge in [0, 0.05) is 25.7 Å². The molecule has 1 rings (SSSR count). The van der Waals surface area contributed by atoms with Crippen molar-refractivity contribution >= 4 is 0 Å². The molecule has 2 atom stereocenters. The van der Waals surface area contributed by atoms with Crippen molar-refractivity contribution in [1.29, 1.82) is 0 Å². The number of rotatable bonds is 7. The summed E-state index contributed by atoms with van der Waals surface area (Å²) in [6.07, 6.45) is 2.96. The second-order valence-corrected chi connectivity index (χ2v) is 5.52. The van der Waals surface area contributed by atoms with Crippen LogP contribution < -0.4 is 5.32 Å². The number of hydrogen-bond acceptors (Lipinski definition) is 3. The molecule has 16 heavy (non-hydrogen) atoms. The predicted octanol–water partition coefficient (Wildman–Crippen LogP) is 1.73. The highest BCUT2D eigenvalue weighted by molar-refractivity contribution is 4.71. The SMILES string of the molecule is CC(CNC(C)C)CN(C)CC1CCCO1. The molecule has 3 heteroatoms. The summed E-state index contributed by atoms with van der Waals surface area (Å²) >= 11 is 0. The Balaban J connectivity index is 2.09. The predicted molar refractivity (Wildman–Crippen MR) is 68.8 cm³/mol. The molecule has 1 saturated heterocycles. The number of nitrogens with zero attached hydrogens (tertiary/aromatic N) is 1. The average Bonchev–Trinajstić information content (AvgIpc) is 2.67. The van der Waals surface area contributed by atoms with E-state index in [0.29, 0.717) is 18.1 Å². The summed E-state index contributed by atoms with van der Waals surface area (Å²) in [6, 6.07) is 0.589. The van der Waals surface area contributed by atoms with Crippen molar-refractivity contribution in [3.8, 4) is 0 Å². The van der Waals surface area contributed by atoms with Crippen molar-refractivity contribution in [2.45, 2.75) is 45.8 Å². The van der Waals surface area contributed by atoms with Gasteiger partial charge in [-0.25, -0.2) is 0 Å². The Morgan fingerprint density at radius 1 is 1.38 bits per heavy atom. The summed E-state index contributed by atoms with van der Waals surface area (Å²) in [4.78, 5) is 2.41. The maximum atomic E-state index is 5.65. The van der Waals surface area contributed by atoms with Crippen LogP contribution in [0, 0.1) is 5.92 Å². The van der Waals surface area contributed by atoms with Gasteiger partial charge in [0.15, 0.2) is 0 Å². The van der Waals surface area contributed by atoms with Crippen molar-refractivity contribution in [2.75, 3.05) is 33.3 Å². The van der Waals surface area contributed by atoms with Crippen LogP contribution >= 0.6 is 0 Å². The minimum atomic E-state index is 0.482. The topological polar surface area (TPSA) is 24.5 Å². The monoisotopic (exact) mass is 228 g/mol. The first-order valence-electron chi connectivity index (χ1n) is 6.61. The van der Waals surface area contributed by atoms with Gasteiger partial charge in [0.25, 0.3) is 0 Å². The van der Waals surface area contributed by atoms with Crippen LogP contribution in [0.3, 0.4) is 0 Å². The minimum Gasteiger partial charge on any atom is -0.377 e. The van der Waals surface area contributed by atoms with E-state index in [0.717, 1.165) is 26.2 Å². The standard InChI is InChI=1S/C13H28N2O/c1-11(2)14-8-12(3)9-15(4)10-13-6-5-7-16-13/h11-14H,5-10H2,1-4H3. The molecule has 0 amide bonds. The third kappa shape index (κ3) is 5.83. The lowest BCUT2D eigenvalue weighted by atomic mass is 10.1. The van der Waals surface area contributed by atoms with E-state index in [2.05, 4.69) is 38.0 Å². The number of nitrogens with one attached hydrogen (secondary N) is 1. The van der Waals surface area contributed by atoms with E-state index in [1.165, 1.54) is 12.8 Å². The molecule has 2 unspecified atom stereocenters. The zero-order chi connectivity index (χ0) is 12.0. The molecule has 0 bridgehead atoms. The highest BCUT2D eigenvalue weighted by Gasteiger charge is 2.18. The third-order valence-corrected chi connectivity index (χ3v) is 3.04. The Kier molecular flexibility index (Phi) is 6.32. The molecule has 1 heterocycles. The van der Waals surface area contributed by atoms with E-state index in [-0.39, 0.29) is 0 Å². The van der Waals surface area contributed by atoms with Crippen LogP contribution in [0.2, 0.25) is 0 Å². The van der Waals surface area contributed by atoms with Gasteiger partial charge in [-0.2, -0.15) is 0 Å². The lowest BCUT2D eigenvalue weighted by Gasteiger charge is -2.24. The average molecular weight is 228 g/mol. The fraction of sp³-hybridized carbons (Fsp3) is 1.00. The molecule has 0 aromatic heterocycles. The van der Waals surface area contributed by atoms with Gasteiger partial charge in [-0.15, -0.1) is 0 Å². The second-order valence-electron chi connectivity index (χ2n) is 5.52. The summed E-state index contributed by atoms with van der Waals surface area (Å²) < 4.78 is 5.65. The molecule has 1 aliphatic rings. The van der Waals surface area contributed by atoms with Crippen LogP contribution in [-0.4, -0.2) is 50.3 Å². The van der Waals surface area contributed by atoms with Crippen LogP contribution in [0.5, 0.6) is 0 Å². The van der Waals surface area contributed by atoms with Crippen LogP contribution in [0.25, 0.3) is 0 Å². The first-order valence-corrected chi connectivity index (χ1v) is 6.61. The summed E-state index contributed by atoms with van der Waals surface area (Å²) in [5, 5.41) is 3.49. The Morgan fingerprint density at radius 2 is 2.12 bits per heavy atom. The minimum absolute atomic E-state index is 0.482. The molecule has 1 aliphatic heterocycles. The van der Waals surface area contributed by atoms with Gasteiger partial charge in [-0.1, -0.05) is 20.8 Å². The molecule has 0 spiro atoms. The largest absolute Gasteiger partial charge is 0.377 e. The third-order valence-electron chi connectivity index (χ3n) is 3.04. The fourth-order valence-electron chi connectivity index (χ4n) is 2.24. The molecule has 0 aromatic carbocycles. The van der Waals surface area contributed by atoms with Gasteiger partial charge in [0.1, 0.15) is 0 Å². The molecule has 1 N–H and O–H groups in total. The van der Waals surface area contributed by atoms with E-state index in [1.54, 1.807) is 0 Å². The highest BCUT2D eigenvalue weighted by atomic mass is 16.5. The maximum Gasteiger partial charge on any atom is 0.0702 e. The Bertz CT molecular complexity index is 179. The van der Waals surface area contributed by atoms with E-state index < -0.39 is 0 Å². The van der Waals surface area contributed by atoms with Crippen molar-refractivity contribution in [3.63, 3.8) is 0 Å². The number of likely N-dealkylation sites (N-methyl/N-ethyl adjacent to an activating group) is 1. The van der Waals surface area contributed by atoms with Gasteiger partial charge in [0.05, 0.1) is 6.10 Å². The molecule has 3 nitrogen and oxygen atoms in total. The molecule has 0 radical (unpaired) electrons. The molecule has 0 aliphatic carbocycles. The molecule has 96 valence electrons. The van der Waals surface area contributed by atoms with E-state index in [9.17, 15) is 0 Å². The van der Waals surface area contributed by atoms with Crippen LogP contribution in [0.15, 0.2) is 0 Å². The summed E-state index contributed by atoms with van der Waals surface area (Å²) in [7, 11) is 2.20.